The van der Waals surface area contributed by atoms with Crippen LogP contribution in [0, 0.1) is 0 Å². The topological polar surface area (TPSA) is 163 Å². The third kappa shape index (κ3) is 6.11. The molecule has 2 saturated heterocycles. The number of imide groups is 1. The molecule has 0 radical (unpaired) electrons. The maximum atomic E-state index is 12.2. The number of amides is 4. The van der Waals surface area contributed by atoms with Crippen LogP contribution in [-0.2, 0) is 9.59 Å². The summed E-state index contributed by atoms with van der Waals surface area (Å²) in [6.45, 7) is -0.410. The first-order valence-corrected chi connectivity index (χ1v) is 12.8. The van der Waals surface area contributed by atoms with E-state index in [-0.39, 0.29) is 41.8 Å². The van der Waals surface area contributed by atoms with Gasteiger partial charge in [-0.05, 0) is 34.8 Å². The molecule has 2 aliphatic rings. The van der Waals surface area contributed by atoms with Crippen molar-refractivity contribution in [1.29, 1.82) is 0 Å². The third-order valence-electron chi connectivity index (χ3n) is 5.74. The van der Waals surface area contributed by atoms with Gasteiger partial charge in [0, 0.05) is 34.9 Å². The highest BCUT2D eigenvalue weighted by Crippen LogP contribution is 2.33. The fourth-order valence-electron chi connectivity index (χ4n) is 4.14. The molecule has 0 saturated carbocycles. The summed E-state index contributed by atoms with van der Waals surface area (Å²) in [7, 11) is 0. The van der Waals surface area contributed by atoms with Crippen molar-refractivity contribution >= 4 is 62.7 Å². The normalized spacial score (nSPS) is 20.5. The van der Waals surface area contributed by atoms with Gasteiger partial charge in [-0.1, -0.05) is 6.42 Å². The van der Waals surface area contributed by atoms with Gasteiger partial charge in [0.25, 0.3) is 12.1 Å². The van der Waals surface area contributed by atoms with Crippen molar-refractivity contribution in [3.63, 3.8) is 0 Å². The number of rotatable bonds is 9. The molecule has 35 heavy (non-hydrogen) atoms. The third-order valence-corrected chi connectivity index (χ3v) is 7.87. The van der Waals surface area contributed by atoms with E-state index in [1.807, 2.05) is 11.8 Å². The van der Waals surface area contributed by atoms with Crippen molar-refractivity contribution in [1.82, 2.24) is 16.0 Å². The Bertz CT molecular complexity index is 1280. The van der Waals surface area contributed by atoms with Crippen LogP contribution in [0.4, 0.5) is 4.79 Å². The molecule has 3 atom stereocenters. The van der Waals surface area contributed by atoms with Crippen LogP contribution in [-0.4, -0.2) is 58.5 Å². The van der Waals surface area contributed by atoms with Crippen LogP contribution in [0.3, 0.4) is 0 Å². The Labute approximate surface area is 212 Å². The first-order valence-electron chi connectivity index (χ1n) is 10.9. The number of carbonyl (C=O) groups is 3. The van der Waals surface area contributed by atoms with E-state index in [4.69, 9.17) is 14.7 Å². The van der Waals surface area contributed by atoms with Gasteiger partial charge >= 0.3 is 11.7 Å². The number of ether oxygens (including phenoxy) is 1. The predicted octanol–water partition coefficient (Wildman–Crippen LogP) is 1.95. The quantitative estimate of drug-likeness (QED) is 0.105. The molecule has 0 spiro atoms. The van der Waals surface area contributed by atoms with Crippen molar-refractivity contribution in [2.45, 2.75) is 43.0 Å². The zero-order chi connectivity index (χ0) is 24.9. The number of halogens is 1. The molecule has 184 valence electrons. The molecule has 13 heteroatoms. The fourth-order valence-corrected chi connectivity index (χ4v) is 6.14. The van der Waals surface area contributed by atoms with Gasteiger partial charge in [0.2, 0.25) is 5.91 Å². The van der Waals surface area contributed by atoms with Crippen molar-refractivity contribution in [2.75, 3.05) is 12.4 Å². The van der Waals surface area contributed by atoms with Crippen LogP contribution >= 0.6 is 27.7 Å². The Morgan fingerprint density at radius 3 is 2.89 bits per heavy atom. The number of urea groups is 1. The monoisotopic (exact) mass is 563 g/mol. The molecule has 1 aromatic heterocycles. The van der Waals surface area contributed by atoms with Gasteiger partial charge in [0.15, 0.2) is 6.61 Å². The molecule has 3 heterocycles. The Kier molecular flexibility index (Phi) is 7.89. The number of hydrogen-bond acceptors (Lipinski definition) is 7. The largest absolute Gasteiger partial charge is 0.482 e. The SMILES string of the molecule is [N-]=[N+]=Cc1cc(=O)oc2cc(OCC(=O)NC(=O)CCCC[C@@H]3SC[C@@H]4NC(=O)N[C@@H]43)c(Br)cc12. The molecular formula is C22H22BrN5O6S. The molecule has 1 aromatic carbocycles. The first kappa shape index (κ1) is 25.0. The molecule has 2 aromatic rings. The second-order valence-electron chi connectivity index (χ2n) is 8.17. The van der Waals surface area contributed by atoms with Crippen LogP contribution in [0.1, 0.15) is 31.2 Å². The Hall–Kier alpha value is -3.15. The maximum absolute atomic E-state index is 12.2. The molecular weight excluding hydrogens is 542 g/mol. The number of thioether (sulfide) groups is 1. The van der Waals surface area contributed by atoms with Gasteiger partial charge in [0.1, 0.15) is 11.3 Å². The summed E-state index contributed by atoms with van der Waals surface area (Å²) in [5.41, 5.74) is 8.68. The van der Waals surface area contributed by atoms with E-state index in [1.165, 1.54) is 12.1 Å². The second-order valence-corrected chi connectivity index (χ2v) is 10.3. The zero-order valence-electron chi connectivity index (χ0n) is 18.4. The highest BCUT2D eigenvalue weighted by molar-refractivity contribution is 9.10. The predicted molar refractivity (Wildman–Crippen MR) is 132 cm³/mol. The first-order chi connectivity index (χ1) is 16.8. The number of nitrogens with zero attached hydrogens (tertiary/aromatic N) is 2. The standard InChI is InChI=1S/C22H22BrN5O6S/c23-13-6-12-11(8-25-24)5-20(31)34-15(12)7-16(13)33-9-19(30)27-18(29)4-2-1-3-17-21-14(10-35-17)26-22(32)28-21/h5-8,14,17,21H,1-4,9-10H2,(H2,26,28,32)(H,27,29,30)/t14-,17-,21-/m0/s1. The lowest BCUT2D eigenvalue weighted by Gasteiger charge is -2.16. The lowest BCUT2D eigenvalue weighted by atomic mass is 10.0. The summed E-state index contributed by atoms with van der Waals surface area (Å²) in [5.74, 6) is 0.143. The van der Waals surface area contributed by atoms with E-state index in [0.29, 0.717) is 27.1 Å². The van der Waals surface area contributed by atoms with Gasteiger partial charge in [-0.15, -0.1) is 0 Å². The average molecular weight is 564 g/mol. The smallest absolute Gasteiger partial charge is 0.337 e. The number of fused-ring (bicyclic) bond motifs is 2. The minimum Gasteiger partial charge on any atom is -0.482 e. The zero-order valence-corrected chi connectivity index (χ0v) is 20.8. The van der Waals surface area contributed by atoms with Crippen molar-refractivity contribution in [2.24, 2.45) is 0 Å². The maximum Gasteiger partial charge on any atom is 0.337 e. The van der Waals surface area contributed by atoms with Crippen LogP contribution in [0.5, 0.6) is 5.75 Å². The van der Waals surface area contributed by atoms with Crippen LogP contribution in [0.15, 0.2) is 31.9 Å². The van der Waals surface area contributed by atoms with Crippen LogP contribution in [0.25, 0.3) is 16.5 Å². The molecule has 0 aliphatic carbocycles. The van der Waals surface area contributed by atoms with Gasteiger partial charge in [-0.2, -0.15) is 16.6 Å². The highest BCUT2D eigenvalue weighted by Gasteiger charge is 2.42. The molecule has 4 amide bonds. The Morgan fingerprint density at radius 2 is 2.09 bits per heavy atom. The lowest BCUT2D eigenvalue weighted by molar-refractivity contribution is -0.131. The van der Waals surface area contributed by atoms with E-state index in [2.05, 4.69) is 36.7 Å². The van der Waals surface area contributed by atoms with Gasteiger partial charge in [0.05, 0.1) is 22.1 Å². The molecule has 4 rings (SSSR count). The molecule has 2 fully saturated rings. The lowest BCUT2D eigenvalue weighted by Crippen LogP contribution is -2.36. The van der Waals surface area contributed by atoms with Crippen molar-refractivity contribution < 1.29 is 28.3 Å². The van der Waals surface area contributed by atoms with Crippen molar-refractivity contribution in [3.05, 3.63) is 44.2 Å². The summed E-state index contributed by atoms with van der Waals surface area (Å²) in [6.07, 6.45) is 3.65. The molecule has 11 nitrogen and oxygen atoms in total. The van der Waals surface area contributed by atoms with Crippen molar-refractivity contribution in [3.8, 4) is 5.75 Å². The molecule has 2 aliphatic heterocycles. The van der Waals surface area contributed by atoms with E-state index in [1.54, 1.807) is 6.07 Å². The minimum absolute atomic E-state index is 0.119. The van der Waals surface area contributed by atoms with E-state index in [0.717, 1.165) is 24.8 Å². The number of benzene rings is 1. The van der Waals surface area contributed by atoms with Gasteiger partial charge < -0.3 is 25.3 Å². The number of carbonyl (C=O) groups excluding carboxylic acids is 3. The molecule has 0 unspecified atom stereocenters. The Morgan fingerprint density at radius 1 is 1.26 bits per heavy atom. The van der Waals surface area contributed by atoms with Gasteiger partial charge in [-0.25, -0.2) is 9.59 Å². The average Bonchev–Trinajstić information content (AvgIpc) is 3.35. The number of unbranched alkanes of at least 4 members (excludes halogenated alkanes) is 1. The molecule has 3 N–H and O–H groups in total. The summed E-state index contributed by atoms with van der Waals surface area (Å²) in [6, 6.07) is 4.41. The van der Waals surface area contributed by atoms with Crippen LogP contribution in [0.2, 0.25) is 0 Å². The summed E-state index contributed by atoms with van der Waals surface area (Å²) in [5, 5.41) is 8.98. The Balaban J connectivity index is 1.22. The summed E-state index contributed by atoms with van der Waals surface area (Å²) < 4.78 is 11.1. The van der Waals surface area contributed by atoms with Gasteiger partial charge in [-0.3, -0.25) is 14.9 Å². The number of hydrogen-bond donors (Lipinski definition) is 3. The fraction of sp³-hybridized carbons (Fsp3) is 0.409. The van der Waals surface area contributed by atoms with E-state index < -0.39 is 18.1 Å². The van der Waals surface area contributed by atoms with E-state index in [9.17, 15) is 19.2 Å². The summed E-state index contributed by atoms with van der Waals surface area (Å²) >= 11 is 5.16. The highest BCUT2D eigenvalue weighted by atomic mass is 79.9. The van der Waals surface area contributed by atoms with E-state index >= 15 is 0 Å². The summed E-state index contributed by atoms with van der Waals surface area (Å²) in [4.78, 5) is 50.4. The van der Waals surface area contributed by atoms with Crippen LogP contribution < -0.4 is 26.3 Å². The molecule has 0 bridgehead atoms. The minimum atomic E-state index is -0.639. The number of nitrogens with one attached hydrogen (secondary N) is 3. The second kappa shape index (κ2) is 11.1.